The molecule has 31 heavy (non-hydrogen) atoms. The van der Waals surface area contributed by atoms with Crippen molar-refractivity contribution in [3.63, 3.8) is 0 Å². The Morgan fingerprint density at radius 1 is 1.10 bits per heavy atom. The van der Waals surface area contributed by atoms with Crippen LogP contribution in [0.1, 0.15) is 25.7 Å². The third kappa shape index (κ3) is 4.81. The van der Waals surface area contributed by atoms with Crippen molar-refractivity contribution in [2.45, 2.75) is 37.8 Å². The Morgan fingerprint density at radius 3 is 2.65 bits per heavy atom. The van der Waals surface area contributed by atoms with Gasteiger partial charge in [-0.2, -0.15) is 14.9 Å². The van der Waals surface area contributed by atoms with Crippen molar-refractivity contribution in [2.75, 3.05) is 36.9 Å². The maximum Gasteiger partial charge on any atom is 0.231 e. The lowest BCUT2D eigenvalue weighted by Crippen LogP contribution is -2.46. The van der Waals surface area contributed by atoms with E-state index in [4.69, 9.17) is 9.72 Å². The van der Waals surface area contributed by atoms with Gasteiger partial charge in [0.05, 0.1) is 24.9 Å². The van der Waals surface area contributed by atoms with Crippen molar-refractivity contribution in [3.8, 4) is 0 Å². The molecule has 3 aromatic rings. The van der Waals surface area contributed by atoms with Crippen molar-refractivity contribution in [1.29, 1.82) is 0 Å². The monoisotopic (exact) mass is 486 g/mol. The minimum absolute atomic E-state index is 0.402. The van der Waals surface area contributed by atoms with E-state index in [2.05, 4.69) is 52.7 Å². The first-order valence-electron chi connectivity index (χ1n) is 10.8. The first-order chi connectivity index (χ1) is 15.1. The highest BCUT2D eigenvalue weighted by atomic mass is 79.9. The Labute approximate surface area is 189 Å². The molecule has 9 nitrogen and oxygen atoms in total. The minimum atomic E-state index is 0.402. The Morgan fingerprint density at radius 2 is 1.90 bits per heavy atom. The maximum absolute atomic E-state index is 5.51. The molecule has 2 fully saturated rings. The van der Waals surface area contributed by atoms with Crippen molar-refractivity contribution in [2.24, 2.45) is 7.05 Å². The highest BCUT2D eigenvalue weighted by Crippen LogP contribution is 2.30. The summed E-state index contributed by atoms with van der Waals surface area (Å²) in [6.07, 6.45) is 6.34. The van der Waals surface area contributed by atoms with Gasteiger partial charge in [-0.15, -0.1) is 5.10 Å². The molecular weight excluding hydrogens is 460 g/mol. The molecule has 164 valence electrons. The number of halogens is 1. The molecule has 1 aromatic carbocycles. The summed E-state index contributed by atoms with van der Waals surface area (Å²) in [6.45, 7) is 3.85. The van der Waals surface area contributed by atoms with Crippen LogP contribution >= 0.6 is 15.9 Å². The van der Waals surface area contributed by atoms with E-state index in [0.717, 1.165) is 60.3 Å². The molecule has 1 saturated heterocycles. The highest BCUT2D eigenvalue weighted by Gasteiger charge is 2.27. The van der Waals surface area contributed by atoms with Gasteiger partial charge in [-0.1, -0.05) is 15.9 Å². The summed E-state index contributed by atoms with van der Waals surface area (Å²) in [5, 5.41) is 16.3. The Hall–Kier alpha value is -2.30. The standard InChI is InChI=1S/C21H27BrN8O/c1-29-23-13-19(28-29)26-21-25-18-7-2-14(22)12-17(18)20(27-21)24-15-3-5-16(6-4-15)30-8-10-31-11-9-30/h2,7,12-13,15-16H,3-6,8-11H2,1H3,(H2,24,25,26,27,28)/t15-,16-. The van der Waals surface area contributed by atoms with Crippen LogP contribution in [0.25, 0.3) is 10.9 Å². The molecule has 0 spiro atoms. The van der Waals surface area contributed by atoms with E-state index >= 15 is 0 Å². The predicted molar refractivity (Wildman–Crippen MR) is 124 cm³/mol. The largest absolute Gasteiger partial charge is 0.379 e. The molecule has 10 heteroatoms. The van der Waals surface area contributed by atoms with Crippen LogP contribution in [0.4, 0.5) is 17.6 Å². The molecule has 0 unspecified atom stereocenters. The van der Waals surface area contributed by atoms with Crippen LogP contribution < -0.4 is 10.6 Å². The molecule has 3 heterocycles. The quantitative estimate of drug-likeness (QED) is 0.567. The van der Waals surface area contributed by atoms with Crippen LogP contribution in [0.3, 0.4) is 0 Å². The summed E-state index contributed by atoms with van der Waals surface area (Å²) < 4.78 is 6.52. The van der Waals surface area contributed by atoms with Crippen molar-refractivity contribution in [3.05, 3.63) is 28.9 Å². The predicted octanol–water partition coefficient (Wildman–Crippen LogP) is 3.32. The van der Waals surface area contributed by atoms with Crippen molar-refractivity contribution < 1.29 is 4.74 Å². The molecule has 2 aromatic heterocycles. The second-order valence-electron chi connectivity index (χ2n) is 8.20. The van der Waals surface area contributed by atoms with Crippen LogP contribution in [0.2, 0.25) is 0 Å². The van der Waals surface area contributed by atoms with E-state index in [1.54, 1.807) is 13.2 Å². The minimum Gasteiger partial charge on any atom is -0.379 e. The molecule has 0 radical (unpaired) electrons. The van der Waals surface area contributed by atoms with Gasteiger partial charge < -0.3 is 15.4 Å². The fourth-order valence-electron chi connectivity index (χ4n) is 4.51. The number of hydrogen-bond donors (Lipinski definition) is 2. The van der Waals surface area contributed by atoms with Crippen LogP contribution in [0, 0.1) is 0 Å². The zero-order chi connectivity index (χ0) is 21.2. The van der Waals surface area contributed by atoms with Gasteiger partial charge in [0.25, 0.3) is 0 Å². The van der Waals surface area contributed by atoms with Crippen LogP contribution in [0.5, 0.6) is 0 Å². The number of ether oxygens (including phenoxy) is 1. The number of nitrogens with one attached hydrogen (secondary N) is 2. The van der Waals surface area contributed by atoms with Gasteiger partial charge in [0.1, 0.15) is 5.82 Å². The molecule has 1 saturated carbocycles. The molecule has 1 aliphatic heterocycles. The lowest BCUT2D eigenvalue weighted by atomic mass is 9.90. The number of hydrogen-bond acceptors (Lipinski definition) is 8. The number of nitrogens with zero attached hydrogens (tertiary/aromatic N) is 6. The second-order valence-corrected chi connectivity index (χ2v) is 9.12. The lowest BCUT2D eigenvalue weighted by molar-refractivity contribution is 0.00791. The van der Waals surface area contributed by atoms with Gasteiger partial charge in [0.15, 0.2) is 5.82 Å². The Balaban J connectivity index is 1.33. The van der Waals surface area contributed by atoms with Gasteiger partial charge >= 0.3 is 0 Å². The van der Waals surface area contributed by atoms with E-state index < -0.39 is 0 Å². The van der Waals surface area contributed by atoms with Gasteiger partial charge in [-0.05, 0) is 43.9 Å². The zero-order valence-corrected chi connectivity index (χ0v) is 19.2. The van der Waals surface area contributed by atoms with Gasteiger partial charge in [-0.25, -0.2) is 4.98 Å². The molecule has 0 bridgehead atoms. The highest BCUT2D eigenvalue weighted by molar-refractivity contribution is 9.10. The first-order valence-corrected chi connectivity index (χ1v) is 11.6. The molecule has 2 N–H and O–H groups in total. The number of aromatic nitrogens is 5. The van der Waals surface area contributed by atoms with E-state index in [9.17, 15) is 0 Å². The second kappa shape index (κ2) is 9.05. The average molecular weight is 487 g/mol. The Kier molecular flexibility index (Phi) is 6.02. The number of fused-ring (bicyclic) bond motifs is 1. The number of aryl methyl sites for hydroxylation is 1. The number of morpholine rings is 1. The summed E-state index contributed by atoms with van der Waals surface area (Å²) in [4.78, 5) is 13.6. The number of rotatable bonds is 5. The third-order valence-electron chi connectivity index (χ3n) is 6.10. The summed E-state index contributed by atoms with van der Waals surface area (Å²) in [5.41, 5.74) is 0.883. The Bertz CT molecular complexity index is 1040. The molecule has 1 aliphatic carbocycles. The topological polar surface area (TPSA) is 93.0 Å². The van der Waals surface area contributed by atoms with Gasteiger partial charge in [0, 0.05) is 42.1 Å². The lowest BCUT2D eigenvalue weighted by Gasteiger charge is -2.39. The van der Waals surface area contributed by atoms with Gasteiger partial charge in [0.2, 0.25) is 5.95 Å². The summed E-state index contributed by atoms with van der Waals surface area (Å²) >= 11 is 3.58. The van der Waals surface area contributed by atoms with Gasteiger partial charge in [-0.3, -0.25) is 4.90 Å². The van der Waals surface area contributed by atoms with Crippen LogP contribution in [-0.2, 0) is 11.8 Å². The average Bonchev–Trinajstić information content (AvgIpc) is 3.20. The molecule has 2 aliphatic rings. The number of anilines is 3. The normalized spacial score (nSPS) is 22.5. The maximum atomic E-state index is 5.51. The van der Waals surface area contributed by atoms with Crippen LogP contribution in [0.15, 0.2) is 28.9 Å². The van der Waals surface area contributed by atoms with E-state index in [-0.39, 0.29) is 0 Å². The molecule has 5 rings (SSSR count). The van der Waals surface area contributed by atoms with Crippen molar-refractivity contribution >= 4 is 44.4 Å². The summed E-state index contributed by atoms with van der Waals surface area (Å²) in [7, 11) is 1.78. The fraction of sp³-hybridized carbons (Fsp3) is 0.524. The molecular formula is C21H27BrN8O. The molecule has 0 amide bonds. The first kappa shape index (κ1) is 20.6. The SMILES string of the molecule is Cn1ncc(Nc2nc(N[C@H]3CC[C@H](N4CCOCC4)CC3)c3cc(Br)ccc3n2)n1. The zero-order valence-electron chi connectivity index (χ0n) is 17.6. The fourth-order valence-corrected chi connectivity index (χ4v) is 4.87. The third-order valence-corrected chi connectivity index (χ3v) is 6.59. The smallest absolute Gasteiger partial charge is 0.231 e. The van der Waals surface area contributed by atoms with E-state index in [1.165, 1.54) is 17.6 Å². The molecule has 0 atom stereocenters. The van der Waals surface area contributed by atoms with E-state index in [1.807, 2.05) is 12.1 Å². The van der Waals surface area contributed by atoms with Crippen LogP contribution in [-0.4, -0.2) is 68.2 Å². The summed E-state index contributed by atoms with van der Waals surface area (Å²) in [5.74, 6) is 1.99. The summed E-state index contributed by atoms with van der Waals surface area (Å²) in [6, 6.07) is 7.15. The van der Waals surface area contributed by atoms with E-state index in [0.29, 0.717) is 23.8 Å². The number of benzene rings is 1. The van der Waals surface area contributed by atoms with Crippen molar-refractivity contribution in [1.82, 2.24) is 29.9 Å².